The summed E-state index contributed by atoms with van der Waals surface area (Å²) in [4.78, 5) is 11.2. The van der Waals surface area contributed by atoms with Gasteiger partial charge in [0.2, 0.25) is 5.88 Å². The smallest absolute Gasteiger partial charge is 0.226 e. The Bertz CT molecular complexity index is 427. The number of fused-ring (bicyclic) bond motifs is 1. The Balaban J connectivity index is 2.04. The molecular formula is C10H13N3O2. The number of hydrogen-bond acceptors (Lipinski definition) is 4. The maximum atomic E-state index is 5.53. The number of nitrogens with zero attached hydrogens (tertiary/aromatic N) is 2. The van der Waals surface area contributed by atoms with Gasteiger partial charge in [0.1, 0.15) is 12.0 Å². The monoisotopic (exact) mass is 207 g/mol. The summed E-state index contributed by atoms with van der Waals surface area (Å²) in [6.07, 6.45) is 4.16. The van der Waals surface area contributed by atoms with Crippen LogP contribution in [0, 0.1) is 0 Å². The van der Waals surface area contributed by atoms with E-state index in [1.165, 1.54) is 6.33 Å². The molecule has 2 aromatic heterocycles. The van der Waals surface area contributed by atoms with E-state index in [-0.39, 0.29) is 0 Å². The lowest BCUT2D eigenvalue weighted by Gasteiger charge is -2.04. The van der Waals surface area contributed by atoms with E-state index in [2.05, 4.69) is 15.0 Å². The first-order valence-electron chi connectivity index (χ1n) is 4.81. The zero-order chi connectivity index (χ0) is 10.5. The van der Waals surface area contributed by atoms with Crippen molar-refractivity contribution in [1.29, 1.82) is 0 Å². The fraction of sp³-hybridized carbons (Fsp3) is 0.400. The maximum absolute atomic E-state index is 5.53. The molecule has 0 aliphatic carbocycles. The van der Waals surface area contributed by atoms with Crippen LogP contribution >= 0.6 is 0 Å². The molecule has 5 nitrogen and oxygen atoms in total. The van der Waals surface area contributed by atoms with Crippen molar-refractivity contribution in [1.82, 2.24) is 15.0 Å². The third kappa shape index (κ3) is 2.24. The van der Waals surface area contributed by atoms with Crippen LogP contribution in [0.3, 0.4) is 0 Å². The van der Waals surface area contributed by atoms with Gasteiger partial charge in [0, 0.05) is 26.3 Å². The summed E-state index contributed by atoms with van der Waals surface area (Å²) < 4.78 is 10.5. The second-order valence-corrected chi connectivity index (χ2v) is 3.11. The Labute approximate surface area is 87.4 Å². The Morgan fingerprint density at radius 2 is 2.27 bits per heavy atom. The molecule has 2 rings (SSSR count). The normalized spacial score (nSPS) is 10.7. The van der Waals surface area contributed by atoms with Gasteiger partial charge in [-0.05, 0) is 6.07 Å². The molecule has 0 saturated carbocycles. The number of methoxy groups -OCH3 is 1. The molecule has 0 fully saturated rings. The van der Waals surface area contributed by atoms with Crippen LogP contribution in [0.25, 0.3) is 11.0 Å². The summed E-state index contributed by atoms with van der Waals surface area (Å²) in [6, 6.07) is 1.90. The molecule has 0 aromatic carbocycles. The molecule has 5 heteroatoms. The second kappa shape index (κ2) is 4.75. The van der Waals surface area contributed by atoms with Crippen LogP contribution in [-0.2, 0) is 4.74 Å². The van der Waals surface area contributed by atoms with Crippen LogP contribution in [0.2, 0.25) is 0 Å². The highest BCUT2D eigenvalue weighted by molar-refractivity contribution is 5.80. The third-order valence-electron chi connectivity index (χ3n) is 2.05. The summed E-state index contributed by atoms with van der Waals surface area (Å²) in [6.45, 7) is 1.30. The molecule has 0 atom stereocenters. The van der Waals surface area contributed by atoms with E-state index in [1.54, 1.807) is 7.11 Å². The Morgan fingerprint density at radius 1 is 1.33 bits per heavy atom. The van der Waals surface area contributed by atoms with Crippen molar-refractivity contribution in [3.05, 3.63) is 18.6 Å². The van der Waals surface area contributed by atoms with Crippen molar-refractivity contribution in [3.8, 4) is 5.88 Å². The second-order valence-electron chi connectivity index (χ2n) is 3.11. The molecule has 2 aromatic rings. The maximum Gasteiger partial charge on any atom is 0.226 e. The molecule has 0 bridgehead atoms. The topological polar surface area (TPSA) is 60.0 Å². The molecule has 0 aliphatic rings. The van der Waals surface area contributed by atoms with E-state index in [1.807, 2.05) is 12.3 Å². The predicted molar refractivity (Wildman–Crippen MR) is 55.9 cm³/mol. The Kier molecular flexibility index (Phi) is 3.14. The fourth-order valence-corrected chi connectivity index (χ4v) is 1.34. The van der Waals surface area contributed by atoms with Gasteiger partial charge in [0.05, 0.1) is 12.0 Å². The minimum Gasteiger partial charge on any atom is -0.477 e. The third-order valence-corrected chi connectivity index (χ3v) is 2.05. The molecular weight excluding hydrogens is 194 g/mol. The van der Waals surface area contributed by atoms with Crippen LogP contribution in [-0.4, -0.2) is 35.3 Å². The minimum atomic E-state index is 0.602. The molecule has 80 valence electrons. The molecule has 0 aliphatic heterocycles. The number of aromatic amines is 1. The quantitative estimate of drug-likeness (QED) is 0.752. The van der Waals surface area contributed by atoms with Gasteiger partial charge in [0.25, 0.3) is 0 Å². The van der Waals surface area contributed by atoms with Crippen molar-refractivity contribution in [3.63, 3.8) is 0 Å². The average molecular weight is 207 g/mol. The number of nitrogens with one attached hydrogen (secondary N) is 1. The Hall–Kier alpha value is -1.62. The molecule has 2 heterocycles. The molecule has 0 spiro atoms. The lowest BCUT2D eigenvalue weighted by molar-refractivity contribution is 0.171. The van der Waals surface area contributed by atoms with Crippen molar-refractivity contribution in [2.24, 2.45) is 0 Å². The van der Waals surface area contributed by atoms with E-state index in [9.17, 15) is 0 Å². The van der Waals surface area contributed by atoms with Crippen LogP contribution in [0.5, 0.6) is 5.88 Å². The van der Waals surface area contributed by atoms with E-state index in [0.29, 0.717) is 19.1 Å². The SMILES string of the molecule is COCCCOc1ncnc2[nH]ccc12. The lowest BCUT2D eigenvalue weighted by Crippen LogP contribution is -2.02. The van der Waals surface area contributed by atoms with Gasteiger partial charge < -0.3 is 14.5 Å². The number of aromatic nitrogens is 3. The number of rotatable bonds is 5. The average Bonchev–Trinajstić information content (AvgIpc) is 2.73. The van der Waals surface area contributed by atoms with Gasteiger partial charge in [-0.15, -0.1) is 0 Å². The summed E-state index contributed by atoms with van der Waals surface area (Å²) in [7, 11) is 1.68. The largest absolute Gasteiger partial charge is 0.477 e. The van der Waals surface area contributed by atoms with Gasteiger partial charge in [-0.3, -0.25) is 0 Å². The van der Waals surface area contributed by atoms with E-state index in [4.69, 9.17) is 9.47 Å². The van der Waals surface area contributed by atoms with Gasteiger partial charge in [-0.1, -0.05) is 0 Å². The fourth-order valence-electron chi connectivity index (χ4n) is 1.34. The zero-order valence-electron chi connectivity index (χ0n) is 8.56. The Morgan fingerprint density at radius 3 is 3.13 bits per heavy atom. The van der Waals surface area contributed by atoms with Crippen molar-refractivity contribution in [2.45, 2.75) is 6.42 Å². The lowest BCUT2D eigenvalue weighted by atomic mass is 10.4. The highest BCUT2D eigenvalue weighted by Crippen LogP contribution is 2.19. The molecule has 0 unspecified atom stereocenters. The molecule has 0 radical (unpaired) electrons. The van der Waals surface area contributed by atoms with Crippen LogP contribution in [0.4, 0.5) is 0 Å². The van der Waals surface area contributed by atoms with Crippen molar-refractivity contribution >= 4 is 11.0 Å². The van der Waals surface area contributed by atoms with E-state index >= 15 is 0 Å². The van der Waals surface area contributed by atoms with Crippen LogP contribution < -0.4 is 4.74 Å². The number of hydrogen-bond donors (Lipinski definition) is 1. The van der Waals surface area contributed by atoms with Gasteiger partial charge in [-0.25, -0.2) is 9.97 Å². The summed E-state index contributed by atoms with van der Waals surface area (Å²) in [5.41, 5.74) is 0.798. The van der Waals surface area contributed by atoms with Crippen LogP contribution in [0.15, 0.2) is 18.6 Å². The van der Waals surface area contributed by atoms with Gasteiger partial charge in [0.15, 0.2) is 0 Å². The first-order chi connectivity index (χ1) is 7.42. The number of ether oxygens (including phenoxy) is 2. The summed E-state index contributed by atoms with van der Waals surface area (Å²) in [5.74, 6) is 0.623. The predicted octanol–water partition coefficient (Wildman–Crippen LogP) is 1.37. The van der Waals surface area contributed by atoms with Crippen LogP contribution in [0.1, 0.15) is 6.42 Å². The molecule has 15 heavy (non-hydrogen) atoms. The first kappa shape index (κ1) is 9.92. The standard InChI is InChI=1S/C10H13N3O2/c1-14-5-2-6-15-10-8-3-4-11-9(8)12-7-13-10/h3-4,7H,2,5-6H2,1H3,(H,11,12,13). The van der Waals surface area contributed by atoms with Crippen molar-refractivity contribution in [2.75, 3.05) is 20.3 Å². The summed E-state index contributed by atoms with van der Waals surface area (Å²) >= 11 is 0. The van der Waals surface area contributed by atoms with E-state index < -0.39 is 0 Å². The molecule has 0 amide bonds. The van der Waals surface area contributed by atoms with Gasteiger partial charge >= 0.3 is 0 Å². The zero-order valence-corrected chi connectivity index (χ0v) is 8.56. The molecule has 0 saturated heterocycles. The van der Waals surface area contributed by atoms with Gasteiger partial charge in [-0.2, -0.15) is 0 Å². The minimum absolute atomic E-state index is 0.602. The first-order valence-corrected chi connectivity index (χ1v) is 4.81. The van der Waals surface area contributed by atoms with Crippen molar-refractivity contribution < 1.29 is 9.47 Å². The highest BCUT2D eigenvalue weighted by atomic mass is 16.5. The summed E-state index contributed by atoms with van der Waals surface area (Å²) in [5, 5.41) is 0.912. The number of H-pyrrole nitrogens is 1. The molecule has 1 N–H and O–H groups in total. The van der Waals surface area contributed by atoms with E-state index in [0.717, 1.165) is 17.5 Å². The highest BCUT2D eigenvalue weighted by Gasteiger charge is 2.04.